The van der Waals surface area contributed by atoms with Gasteiger partial charge < -0.3 is 0 Å². The monoisotopic (exact) mass is 243 g/mol. The van der Waals surface area contributed by atoms with Crippen LogP contribution in [-0.4, -0.2) is 15.0 Å². The molecule has 0 N–H and O–H groups in total. The smallest absolute Gasteiger partial charge is 0.224 e. The number of rotatable bonds is 1. The van der Waals surface area contributed by atoms with Gasteiger partial charge >= 0.3 is 0 Å². The Labute approximate surface area is 94.9 Å². The summed E-state index contributed by atoms with van der Waals surface area (Å²) in [6.45, 7) is 0. The van der Waals surface area contributed by atoms with Gasteiger partial charge in [0.25, 0.3) is 0 Å². The lowest BCUT2D eigenvalue weighted by Crippen LogP contribution is -1.91. The highest BCUT2D eigenvalue weighted by Gasteiger charge is 2.08. The summed E-state index contributed by atoms with van der Waals surface area (Å²) < 4.78 is 13.3. The van der Waals surface area contributed by atoms with Gasteiger partial charge in [0, 0.05) is 17.8 Å². The zero-order valence-corrected chi connectivity index (χ0v) is 8.80. The first-order chi connectivity index (χ1) is 7.16. The van der Waals surface area contributed by atoms with Gasteiger partial charge in [0.1, 0.15) is 5.15 Å². The van der Waals surface area contributed by atoms with E-state index < -0.39 is 5.82 Å². The molecular formula is C9H4Cl2FN3. The van der Waals surface area contributed by atoms with Crippen molar-refractivity contribution < 1.29 is 4.39 Å². The van der Waals surface area contributed by atoms with Crippen LogP contribution < -0.4 is 0 Å². The minimum absolute atomic E-state index is 0.0197. The molecule has 0 atom stereocenters. The van der Waals surface area contributed by atoms with E-state index in [2.05, 4.69) is 15.0 Å². The lowest BCUT2D eigenvalue weighted by molar-refractivity contribution is 0.624. The molecule has 0 radical (unpaired) electrons. The predicted octanol–water partition coefficient (Wildman–Crippen LogP) is 2.98. The molecule has 0 aliphatic heterocycles. The molecule has 0 bridgehead atoms. The number of pyridine rings is 1. The van der Waals surface area contributed by atoms with Crippen LogP contribution in [0, 0.1) is 5.82 Å². The summed E-state index contributed by atoms with van der Waals surface area (Å²) in [5.41, 5.74) is 0.621. The van der Waals surface area contributed by atoms with Crippen LogP contribution in [0.5, 0.6) is 0 Å². The summed E-state index contributed by atoms with van der Waals surface area (Å²) in [6.07, 6.45) is 2.56. The van der Waals surface area contributed by atoms with E-state index in [9.17, 15) is 4.39 Å². The lowest BCUT2D eigenvalue weighted by Gasteiger charge is -2.02. The second-order valence-electron chi connectivity index (χ2n) is 2.70. The predicted molar refractivity (Wildman–Crippen MR) is 55.2 cm³/mol. The van der Waals surface area contributed by atoms with Gasteiger partial charge in [-0.25, -0.2) is 14.4 Å². The van der Waals surface area contributed by atoms with Crippen molar-refractivity contribution in [3.05, 3.63) is 40.8 Å². The van der Waals surface area contributed by atoms with E-state index in [4.69, 9.17) is 23.2 Å². The van der Waals surface area contributed by atoms with E-state index in [0.717, 1.165) is 6.20 Å². The minimum Gasteiger partial charge on any atom is -0.262 e. The van der Waals surface area contributed by atoms with E-state index in [-0.39, 0.29) is 16.0 Å². The number of hydrogen-bond donors (Lipinski definition) is 0. The maximum atomic E-state index is 13.3. The largest absolute Gasteiger partial charge is 0.262 e. The van der Waals surface area contributed by atoms with Crippen LogP contribution in [0.2, 0.25) is 10.4 Å². The van der Waals surface area contributed by atoms with Crippen molar-refractivity contribution >= 4 is 23.2 Å². The average molecular weight is 244 g/mol. The molecule has 2 aromatic rings. The third-order valence-electron chi connectivity index (χ3n) is 1.72. The summed E-state index contributed by atoms with van der Waals surface area (Å²) in [7, 11) is 0. The topological polar surface area (TPSA) is 38.7 Å². The van der Waals surface area contributed by atoms with Crippen LogP contribution in [0.3, 0.4) is 0 Å². The fourth-order valence-electron chi connectivity index (χ4n) is 1.11. The van der Waals surface area contributed by atoms with Crippen molar-refractivity contribution in [2.45, 2.75) is 0 Å². The van der Waals surface area contributed by atoms with Crippen LogP contribution in [0.25, 0.3) is 11.3 Å². The van der Waals surface area contributed by atoms with E-state index in [1.54, 1.807) is 0 Å². The van der Waals surface area contributed by atoms with E-state index in [0.29, 0.717) is 5.69 Å². The standard InChI is InChI=1S/C9H4Cl2FN3/c10-8-3-7(14-9(11)15-8)5-1-2-13-4-6(5)12/h1-4H. The van der Waals surface area contributed by atoms with Crippen LogP contribution in [0.1, 0.15) is 0 Å². The van der Waals surface area contributed by atoms with Crippen molar-refractivity contribution in [2.75, 3.05) is 0 Å². The highest BCUT2D eigenvalue weighted by molar-refractivity contribution is 6.32. The second-order valence-corrected chi connectivity index (χ2v) is 3.43. The van der Waals surface area contributed by atoms with Gasteiger partial charge in [-0.3, -0.25) is 4.98 Å². The quantitative estimate of drug-likeness (QED) is 0.571. The molecule has 6 heteroatoms. The molecule has 0 saturated carbocycles. The molecule has 3 nitrogen and oxygen atoms in total. The fraction of sp³-hybridized carbons (Fsp3) is 0. The Morgan fingerprint density at radius 1 is 1.20 bits per heavy atom. The van der Waals surface area contributed by atoms with Crippen molar-refractivity contribution in [1.82, 2.24) is 15.0 Å². The number of hydrogen-bond acceptors (Lipinski definition) is 3. The number of aromatic nitrogens is 3. The molecule has 15 heavy (non-hydrogen) atoms. The molecule has 0 saturated heterocycles. The van der Waals surface area contributed by atoms with Crippen molar-refractivity contribution in [2.24, 2.45) is 0 Å². The summed E-state index contributed by atoms with van der Waals surface area (Å²) in [5.74, 6) is -0.483. The third-order valence-corrected chi connectivity index (χ3v) is 2.08. The second kappa shape index (κ2) is 4.08. The molecule has 2 heterocycles. The van der Waals surface area contributed by atoms with Crippen LogP contribution in [0.4, 0.5) is 4.39 Å². The molecule has 2 aromatic heterocycles. The van der Waals surface area contributed by atoms with Crippen LogP contribution >= 0.6 is 23.2 Å². The van der Waals surface area contributed by atoms with Crippen LogP contribution in [-0.2, 0) is 0 Å². The molecule has 76 valence electrons. The normalized spacial score (nSPS) is 10.3. The highest BCUT2D eigenvalue weighted by Crippen LogP contribution is 2.23. The first-order valence-electron chi connectivity index (χ1n) is 3.97. The Morgan fingerprint density at radius 3 is 2.67 bits per heavy atom. The summed E-state index contributed by atoms with van der Waals surface area (Å²) in [5, 5.41) is 0.148. The van der Waals surface area contributed by atoms with E-state index >= 15 is 0 Å². The molecule has 0 aliphatic carbocycles. The van der Waals surface area contributed by atoms with Gasteiger partial charge in [0.2, 0.25) is 5.28 Å². The Hall–Kier alpha value is -1.26. The third kappa shape index (κ3) is 2.22. The molecular weight excluding hydrogens is 240 g/mol. The van der Waals surface area contributed by atoms with Gasteiger partial charge in [-0.1, -0.05) is 11.6 Å². The Kier molecular flexibility index (Phi) is 2.79. The van der Waals surface area contributed by atoms with Crippen LogP contribution in [0.15, 0.2) is 24.5 Å². The molecule has 0 aromatic carbocycles. The van der Waals surface area contributed by atoms with E-state index in [1.807, 2.05) is 0 Å². The van der Waals surface area contributed by atoms with Gasteiger partial charge in [-0.15, -0.1) is 0 Å². The maximum Gasteiger partial charge on any atom is 0.224 e. The van der Waals surface area contributed by atoms with Gasteiger partial charge in [0.05, 0.1) is 11.9 Å². The van der Waals surface area contributed by atoms with Gasteiger partial charge in [0.15, 0.2) is 5.82 Å². The van der Waals surface area contributed by atoms with Crippen molar-refractivity contribution in [1.29, 1.82) is 0 Å². The van der Waals surface area contributed by atoms with Gasteiger partial charge in [-0.2, -0.15) is 0 Å². The molecule has 0 spiro atoms. The Morgan fingerprint density at radius 2 is 2.00 bits per heavy atom. The minimum atomic E-state index is -0.483. The summed E-state index contributed by atoms with van der Waals surface area (Å²) in [6, 6.07) is 2.93. The molecule has 0 unspecified atom stereocenters. The maximum absolute atomic E-state index is 13.3. The highest BCUT2D eigenvalue weighted by atomic mass is 35.5. The number of halogens is 3. The van der Waals surface area contributed by atoms with E-state index in [1.165, 1.54) is 18.3 Å². The zero-order chi connectivity index (χ0) is 10.8. The summed E-state index contributed by atoms with van der Waals surface area (Å²) in [4.78, 5) is 11.2. The lowest BCUT2D eigenvalue weighted by atomic mass is 10.2. The first-order valence-corrected chi connectivity index (χ1v) is 4.72. The summed E-state index contributed by atoms with van der Waals surface area (Å²) >= 11 is 11.3. The van der Waals surface area contributed by atoms with Crippen molar-refractivity contribution in [3.63, 3.8) is 0 Å². The fourth-order valence-corrected chi connectivity index (χ4v) is 1.52. The molecule has 0 aliphatic rings. The SMILES string of the molecule is Fc1cnccc1-c1cc(Cl)nc(Cl)n1. The molecule has 2 rings (SSSR count). The zero-order valence-electron chi connectivity index (χ0n) is 7.28. The Bertz CT molecular complexity index is 484. The molecule has 0 fully saturated rings. The first kappa shape index (κ1) is 10.3. The average Bonchev–Trinajstić information content (AvgIpc) is 2.16. The Balaban J connectivity index is 2.59. The van der Waals surface area contributed by atoms with Gasteiger partial charge in [-0.05, 0) is 17.7 Å². The molecule has 0 amide bonds. The number of nitrogens with zero attached hydrogens (tertiary/aromatic N) is 3. The van der Waals surface area contributed by atoms with Crippen molar-refractivity contribution in [3.8, 4) is 11.3 Å².